The van der Waals surface area contributed by atoms with E-state index in [-0.39, 0.29) is 11.2 Å². The van der Waals surface area contributed by atoms with Crippen molar-refractivity contribution >= 4 is 46.0 Å². The van der Waals surface area contributed by atoms with Crippen LogP contribution in [0, 0.1) is 0 Å². The number of rotatable bonds is 6. The van der Waals surface area contributed by atoms with Crippen LogP contribution in [0.4, 0.5) is 5.69 Å². The van der Waals surface area contributed by atoms with Gasteiger partial charge in [-0.2, -0.15) is 0 Å². The summed E-state index contributed by atoms with van der Waals surface area (Å²) in [5.41, 5.74) is 2.21. The van der Waals surface area contributed by atoms with Crippen molar-refractivity contribution in [3.8, 4) is 11.5 Å². The molecule has 26 heavy (non-hydrogen) atoms. The molecule has 2 aromatic carbocycles. The molecule has 0 unspecified atom stereocenters. The topological polar surface area (TPSA) is 76.2 Å². The van der Waals surface area contributed by atoms with Gasteiger partial charge in [0.2, 0.25) is 5.91 Å². The first-order valence-corrected chi connectivity index (χ1v) is 9.10. The lowest BCUT2D eigenvalue weighted by Gasteiger charge is -2.13. The number of carbonyl (C=O) groups is 1. The van der Waals surface area contributed by atoms with Crippen molar-refractivity contribution in [2.24, 2.45) is 0 Å². The zero-order valence-corrected chi connectivity index (χ0v) is 16.1. The maximum atomic E-state index is 12.5. The van der Waals surface area contributed by atoms with Crippen LogP contribution < -0.4 is 14.8 Å². The van der Waals surface area contributed by atoms with E-state index in [1.807, 2.05) is 25.1 Å². The fraction of sp³-hybridized carbons (Fsp3) is 0.222. The second-order valence-electron chi connectivity index (χ2n) is 5.52. The molecular weight excluding hydrogens is 374 g/mol. The summed E-state index contributed by atoms with van der Waals surface area (Å²) >= 11 is 7.33. The zero-order chi connectivity index (χ0) is 18.7. The molecule has 0 bridgehead atoms. The van der Waals surface area contributed by atoms with Crippen LogP contribution in [0.2, 0.25) is 5.02 Å². The van der Waals surface area contributed by atoms with Crippen molar-refractivity contribution in [2.45, 2.75) is 17.3 Å². The van der Waals surface area contributed by atoms with E-state index in [4.69, 9.17) is 21.1 Å². The minimum atomic E-state index is -0.374. The Morgan fingerprint density at radius 3 is 2.77 bits per heavy atom. The molecule has 2 N–H and O–H groups in total. The second-order valence-corrected chi connectivity index (χ2v) is 7.28. The van der Waals surface area contributed by atoms with Gasteiger partial charge in [0.1, 0.15) is 11.5 Å². The molecule has 0 aliphatic heterocycles. The third-order valence-electron chi connectivity index (χ3n) is 3.74. The lowest BCUT2D eigenvalue weighted by molar-refractivity contribution is -0.115. The lowest BCUT2D eigenvalue weighted by atomic mass is 10.3. The fourth-order valence-electron chi connectivity index (χ4n) is 2.38. The standard InChI is InChI=1S/C18H18ClN3O3S/c1-10(17(23)20-15-8-11(19)4-7-16(15)25-3)26-18-21-13-6-5-12(24-2)9-14(13)22-18/h4-10H,1-3H3,(H,20,23)(H,21,22)/t10-/m1/s1. The Morgan fingerprint density at radius 1 is 1.23 bits per heavy atom. The van der Waals surface area contributed by atoms with Crippen LogP contribution in [0.3, 0.4) is 0 Å². The number of aromatic nitrogens is 2. The molecular formula is C18H18ClN3O3S. The molecule has 3 aromatic rings. The average Bonchev–Trinajstić information content (AvgIpc) is 3.03. The first-order chi connectivity index (χ1) is 12.5. The molecule has 1 atom stereocenters. The number of thioether (sulfide) groups is 1. The molecule has 0 spiro atoms. The van der Waals surface area contributed by atoms with E-state index in [2.05, 4.69) is 15.3 Å². The number of amides is 1. The average molecular weight is 392 g/mol. The van der Waals surface area contributed by atoms with Crippen molar-refractivity contribution in [3.63, 3.8) is 0 Å². The van der Waals surface area contributed by atoms with Crippen LogP contribution in [0.1, 0.15) is 6.92 Å². The monoisotopic (exact) mass is 391 g/mol. The quantitative estimate of drug-likeness (QED) is 0.611. The fourth-order valence-corrected chi connectivity index (χ4v) is 3.37. The normalized spacial score (nSPS) is 12.0. The number of nitrogens with one attached hydrogen (secondary N) is 2. The van der Waals surface area contributed by atoms with E-state index in [1.54, 1.807) is 32.4 Å². The number of aromatic amines is 1. The number of benzene rings is 2. The number of methoxy groups -OCH3 is 2. The molecule has 8 heteroatoms. The van der Waals surface area contributed by atoms with Gasteiger partial charge in [-0.15, -0.1) is 0 Å². The molecule has 1 heterocycles. The highest BCUT2D eigenvalue weighted by Gasteiger charge is 2.18. The Morgan fingerprint density at radius 2 is 2.04 bits per heavy atom. The number of anilines is 1. The van der Waals surface area contributed by atoms with E-state index < -0.39 is 0 Å². The van der Waals surface area contributed by atoms with Gasteiger partial charge in [0.05, 0.1) is 36.2 Å². The molecule has 0 fully saturated rings. The van der Waals surface area contributed by atoms with E-state index in [1.165, 1.54) is 11.8 Å². The van der Waals surface area contributed by atoms with Crippen LogP contribution in [0.5, 0.6) is 11.5 Å². The maximum Gasteiger partial charge on any atom is 0.237 e. The maximum absolute atomic E-state index is 12.5. The van der Waals surface area contributed by atoms with Gasteiger partial charge in [-0.3, -0.25) is 4.79 Å². The van der Waals surface area contributed by atoms with Gasteiger partial charge in [-0.05, 0) is 37.3 Å². The third kappa shape index (κ3) is 4.05. The first kappa shape index (κ1) is 18.4. The number of hydrogen-bond acceptors (Lipinski definition) is 5. The number of fused-ring (bicyclic) bond motifs is 1. The van der Waals surface area contributed by atoms with Crippen molar-refractivity contribution < 1.29 is 14.3 Å². The summed E-state index contributed by atoms with van der Waals surface area (Å²) in [6.45, 7) is 1.81. The molecule has 0 saturated heterocycles. The highest BCUT2D eigenvalue weighted by Crippen LogP contribution is 2.30. The predicted molar refractivity (Wildman–Crippen MR) is 105 cm³/mol. The summed E-state index contributed by atoms with van der Waals surface area (Å²) in [6, 6.07) is 10.7. The lowest BCUT2D eigenvalue weighted by Crippen LogP contribution is -2.22. The second kappa shape index (κ2) is 7.88. The predicted octanol–water partition coefficient (Wildman–Crippen LogP) is 4.35. The largest absolute Gasteiger partial charge is 0.497 e. The van der Waals surface area contributed by atoms with Crippen LogP contribution in [0.25, 0.3) is 11.0 Å². The van der Waals surface area contributed by atoms with Crippen LogP contribution in [-0.4, -0.2) is 35.3 Å². The molecule has 1 aromatic heterocycles. The Hall–Kier alpha value is -2.38. The van der Waals surface area contributed by atoms with Crippen molar-refractivity contribution in [3.05, 3.63) is 41.4 Å². The van der Waals surface area contributed by atoms with Gasteiger partial charge in [0, 0.05) is 11.1 Å². The highest BCUT2D eigenvalue weighted by atomic mass is 35.5. The summed E-state index contributed by atoms with van der Waals surface area (Å²) in [5, 5.41) is 3.65. The number of hydrogen-bond donors (Lipinski definition) is 2. The number of carbonyl (C=O) groups excluding carboxylic acids is 1. The summed E-state index contributed by atoms with van der Waals surface area (Å²) in [7, 11) is 3.16. The van der Waals surface area contributed by atoms with Gasteiger partial charge in [0.25, 0.3) is 0 Å². The highest BCUT2D eigenvalue weighted by molar-refractivity contribution is 8.00. The molecule has 0 aliphatic carbocycles. The van der Waals surface area contributed by atoms with E-state index in [9.17, 15) is 4.79 Å². The van der Waals surface area contributed by atoms with Crippen LogP contribution in [-0.2, 0) is 4.79 Å². The molecule has 0 radical (unpaired) electrons. The summed E-state index contributed by atoms with van der Waals surface area (Å²) in [4.78, 5) is 20.2. The SMILES string of the molecule is COc1ccc2nc(S[C@H](C)C(=O)Nc3cc(Cl)ccc3OC)[nH]c2c1. The minimum absolute atomic E-state index is 0.173. The van der Waals surface area contributed by atoms with Gasteiger partial charge in [0.15, 0.2) is 5.16 Å². The van der Waals surface area contributed by atoms with Crippen LogP contribution in [0.15, 0.2) is 41.6 Å². The van der Waals surface area contributed by atoms with Crippen molar-refractivity contribution in [1.82, 2.24) is 9.97 Å². The summed E-state index contributed by atoms with van der Waals surface area (Å²) < 4.78 is 10.5. The Bertz CT molecular complexity index is 945. The number of nitrogens with zero attached hydrogens (tertiary/aromatic N) is 1. The zero-order valence-electron chi connectivity index (χ0n) is 14.5. The molecule has 6 nitrogen and oxygen atoms in total. The smallest absolute Gasteiger partial charge is 0.237 e. The molecule has 0 saturated carbocycles. The van der Waals surface area contributed by atoms with Gasteiger partial charge in [-0.1, -0.05) is 23.4 Å². The van der Waals surface area contributed by atoms with Crippen molar-refractivity contribution in [1.29, 1.82) is 0 Å². The van der Waals surface area contributed by atoms with E-state index in [0.717, 1.165) is 16.8 Å². The van der Waals surface area contributed by atoms with Crippen molar-refractivity contribution in [2.75, 3.05) is 19.5 Å². The first-order valence-electron chi connectivity index (χ1n) is 7.85. The summed E-state index contributed by atoms with van der Waals surface area (Å²) in [6.07, 6.45) is 0. The van der Waals surface area contributed by atoms with Gasteiger partial charge >= 0.3 is 0 Å². The summed E-state index contributed by atoms with van der Waals surface area (Å²) in [5.74, 6) is 1.13. The molecule has 0 aliphatic rings. The minimum Gasteiger partial charge on any atom is -0.497 e. The molecule has 1 amide bonds. The van der Waals surface area contributed by atoms with Gasteiger partial charge < -0.3 is 19.8 Å². The molecule has 3 rings (SSSR count). The number of halogens is 1. The van der Waals surface area contributed by atoms with E-state index in [0.29, 0.717) is 21.6 Å². The Kier molecular flexibility index (Phi) is 5.58. The van der Waals surface area contributed by atoms with Crippen LogP contribution >= 0.6 is 23.4 Å². The number of H-pyrrole nitrogens is 1. The number of ether oxygens (including phenoxy) is 2. The Balaban J connectivity index is 1.72. The van der Waals surface area contributed by atoms with Gasteiger partial charge in [-0.25, -0.2) is 4.98 Å². The third-order valence-corrected chi connectivity index (χ3v) is 4.96. The van der Waals surface area contributed by atoms with E-state index >= 15 is 0 Å². The number of imidazole rings is 1. The molecule has 136 valence electrons. The Labute approximate surface area is 160 Å².